The highest BCUT2D eigenvalue weighted by atomic mass is 16.5. The zero-order valence-electron chi connectivity index (χ0n) is 11.7. The number of hydrogen-bond acceptors (Lipinski definition) is 5. The molecule has 2 heterocycles. The molecule has 20 heavy (non-hydrogen) atoms. The maximum absolute atomic E-state index is 5.86. The van der Waals surface area contributed by atoms with E-state index in [9.17, 15) is 0 Å². The molecule has 0 aliphatic carbocycles. The Balaban J connectivity index is 1.57. The van der Waals surface area contributed by atoms with Crippen molar-refractivity contribution in [1.82, 2.24) is 10.3 Å². The monoisotopic (exact) mass is 276 g/mol. The average Bonchev–Trinajstić information content (AvgIpc) is 2.90. The molecule has 1 aliphatic rings. The highest BCUT2D eigenvalue weighted by Crippen LogP contribution is 2.21. The smallest absolute Gasteiger partial charge is 0.197 e. The van der Waals surface area contributed by atoms with Crippen LogP contribution in [0.25, 0.3) is 11.1 Å². The molecule has 2 aromatic rings. The van der Waals surface area contributed by atoms with Crippen molar-refractivity contribution in [2.24, 2.45) is 0 Å². The molecule has 1 fully saturated rings. The quantitative estimate of drug-likeness (QED) is 0.906. The number of methoxy groups -OCH3 is 1. The summed E-state index contributed by atoms with van der Waals surface area (Å²) in [4.78, 5) is 4.46. The second-order valence-electron chi connectivity index (χ2n) is 5.01. The molecule has 1 aromatic heterocycles. The van der Waals surface area contributed by atoms with E-state index in [1.807, 2.05) is 18.2 Å². The molecule has 0 bridgehead atoms. The van der Waals surface area contributed by atoms with Gasteiger partial charge >= 0.3 is 0 Å². The third-order valence-electron chi connectivity index (χ3n) is 3.59. The van der Waals surface area contributed by atoms with Crippen LogP contribution in [0.1, 0.15) is 18.7 Å². The zero-order valence-corrected chi connectivity index (χ0v) is 11.7. The Morgan fingerprint density at radius 1 is 1.35 bits per heavy atom. The van der Waals surface area contributed by atoms with Crippen molar-refractivity contribution in [2.45, 2.75) is 25.4 Å². The molecule has 0 amide bonds. The van der Waals surface area contributed by atoms with Crippen LogP contribution in [0.2, 0.25) is 0 Å². The normalized spacial score (nSPS) is 16.6. The van der Waals surface area contributed by atoms with Crippen LogP contribution in [-0.4, -0.2) is 37.9 Å². The molecular formula is C15H20N2O3. The lowest BCUT2D eigenvalue weighted by Crippen LogP contribution is -2.32. The van der Waals surface area contributed by atoms with Crippen LogP contribution >= 0.6 is 0 Å². The van der Waals surface area contributed by atoms with Gasteiger partial charge in [-0.1, -0.05) is 0 Å². The topological polar surface area (TPSA) is 56.5 Å². The van der Waals surface area contributed by atoms with Gasteiger partial charge in [0.2, 0.25) is 0 Å². The summed E-state index contributed by atoms with van der Waals surface area (Å²) in [7, 11) is 1.65. The van der Waals surface area contributed by atoms with Gasteiger partial charge < -0.3 is 19.2 Å². The van der Waals surface area contributed by atoms with E-state index in [0.717, 1.165) is 48.7 Å². The molecule has 108 valence electrons. The van der Waals surface area contributed by atoms with Crippen LogP contribution in [0.15, 0.2) is 22.6 Å². The first-order valence-corrected chi connectivity index (χ1v) is 7.11. The third-order valence-corrected chi connectivity index (χ3v) is 3.59. The summed E-state index contributed by atoms with van der Waals surface area (Å²) in [6.07, 6.45) is 3.26. The van der Waals surface area contributed by atoms with Crippen LogP contribution in [-0.2, 0) is 11.2 Å². The SMILES string of the molecule is COc1ccc2oc(CCOC3CCNCC3)nc2c1. The fourth-order valence-electron chi connectivity index (χ4n) is 2.46. The largest absolute Gasteiger partial charge is 0.497 e. The number of oxazole rings is 1. The minimum atomic E-state index is 0.376. The fraction of sp³-hybridized carbons (Fsp3) is 0.533. The lowest BCUT2D eigenvalue weighted by Gasteiger charge is -2.22. The van der Waals surface area contributed by atoms with Gasteiger partial charge in [-0.3, -0.25) is 0 Å². The molecule has 0 atom stereocenters. The first-order valence-electron chi connectivity index (χ1n) is 7.11. The first-order chi connectivity index (χ1) is 9.85. The highest BCUT2D eigenvalue weighted by molar-refractivity contribution is 5.74. The summed E-state index contributed by atoms with van der Waals surface area (Å²) in [6, 6.07) is 5.65. The van der Waals surface area contributed by atoms with Gasteiger partial charge in [0, 0.05) is 12.5 Å². The number of nitrogens with zero attached hydrogens (tertiary/aromatic N) is 1. The van der Waals surface area contributed by atoms with Crippen LogP contribution in [0.3, 0.4) is 0 Å². The van der Waals surface area contributed by atoms with E-state index in [1.165, 1.54) is 0 Å². The van der Waals surface area contributed by atoms with Crippen LogP contribution < -0.4 is 10.1 Å². The van der Waals surface area contributed by atoms with Gasteiger partial charge in [-0.2, -0.15) is 0 Å². The summed E-state index contributed by atoms with van der Waals surface area (Å²) < 4.78 is 16.7. The summed E-state index contributed by atoms with van der Waals surface area (Å²) in [6.45, 7) is 2.76. The van der Waals surface area contributed by atoms with Crippen molar-refractivity contribution in [3.8, 4) is 5.75 Å². The maximum Gasteiger partial charge on any atom is 0.197 e. The van der Waals surface area contributed by atoms with Crippen LogP contribution in [0.4, 0.5) is 0 Å². The molecule has 0 unspecified atom stereocenters. The van der Waals surface area contributed by atoms with Crippen LogP contribution in [0.5, 0.6) is 5.75 Å². The van der Waals surface area contributed by atoms with Gasteiger partial charge in [0.05, 0.1) is 19.8 Å². The Labute approximate surface area is 118 Å². The standard InChI is InChI=1S/C15H20N2O3/c1-18-12-2-3-14-13(10-12)17-15(20-14)6-9-19-11-4-7-16-8-5-11/h2-3,10-11,16H,4-9H2,1H3. The second-order valence-corrected chi connectivity index (χ2v) is 5.01. The van der Waals surface area contributed by atoms with E-state index < -0.39 is 0 Å². The van der Waals surface area contributed by atoms with Crippen molar-refractivity contribution < 1.29 is 13.9 Å². The number of nitrogens with one attached hydrogen (secondary N) is 1. The Morgan fingerprint density at radius 3 is 3.00 bits per heavy atom. The fourth-order valence-corrected chi connectivity index (χ4v) is 2.46. The van der Waals surface area contributed by atoms with Crippen LogP contribution in [0, 0.1) is 0 Å². The molecular weight excluding hydrogens is 256 g/mol. The maximum atomic E-state index is 5.86. The first kappa shape index (κ1) is 13.4. The molecule has 0 radical (unpaired) electrons. The van der Waals surface area contributed by atoms with E-state index in [0.29, 0.717) is 19.1 Å². The van der Waals surface area contributed by atoms with Crippen molar-refractivity contribution >= 4 is 11.1 Å². The van der Waals surface area contributed by atoms with Crippen molar-refractivity contribution in [1.29, 1.82) is 0 Å². The van der Waals surface area contributed by atoms with Gasteiger partial charge in [0.15, 0.2) is 11.5 Å². The lowest BCUT2D eigenvalue weighted by atomic mass is 10.1. The number of piperidine rings is 1. The lowest BCUT2D eigenvalue weighted by molar-refractivity contribution is 0.0328. The Hall–Kier alpha value is -1.59. The van der Waals surface area contributed by atoms with Gasteiger partial charge in [-0.25, -0.2) is 4.98 Å². The van der Waals surface area contributed by atoms with Gasteiger partial charge in [-0.15, -0.1) is 0 Å². The van der Waals surface area contributed by atoms with Crippen molar-refractivity contribution in [2.75, 3.05) is 26.8 Å². The molecule has 5 nitrogen and oxygen atoms in total. The number of fused-ring (bicyclic) bond motifs is 1. The minimum Gasteiger partial charge on any atom is -0.497 e. The number of hydrogen-bond donors (Lipinski definition) is 1. The Kier molecular flexibility index (Phi) is 4.18. The van der Waals surface area contributed by atoms with E-state index in [2.05, 4.69) is 10.3 Å². The minimum absolute atomic E-state index is 0.376. The van der Waals surface area contributed by atoms with E-state index >= 15 is 0 Å². The van der Waals surface area contributed by atoms with E-state index in [4.69, 9.17) is 13.9 Å². The summed E-state index contributed by atoms with van der Waals surface area (Å²) >= 11 is 0. The van der Waals surface area contributed by atoms with Gasteiger partial charge in [-0.05, 0) is 38.1 Å². The summed E-state index contributed by atoms with van der Waals surface area (Å²) in [5.41, 5.74) is 1.63. The third kappa shape index (κ3) is 3.11. The molecule has 3 rings (SSSR count). The van der Waals surface area contributed by atoms with E-state index in [-0.39, 0.29) is 0 Å². The van der Waals surface area contributed by atoms with Crippen molar-refractivity contribution in [3.05, 3.63) is 24.1 Å². The number of aromatic nitrogens is 1. The predicted molar refractivity (Wildman–Crippen MR) is 76.1 cm³/mol. The Morgan fingerprint density at radius 2 is 2.20 bits per heavy atom. The summed E-state index contributed by atoms with van der Waals surface area (Å²) in [5, 5.41) is 3.33. The molecule has 1 aromatic carbocycles. The Bertz CT molecular complexity index is 561. The number of benzene rings is 1. The zero-order chi connectivity index (χ0) is 13.8. The van der Waals surface area contributed by atoms with Gasteiger partial charge in [0.1, 0.15) is 11.3 Å². The molecule has 0 saturated carbocycles. The predicted octanol–water partition coefficient (Wildman–Crippen LogP) is 2.15. The van der Waals surface area contributed by atoms with Gasteiger partial charge in [0.25, 0.3) is 0 Å². The molecule has 1 N–H and O–H groups in total. The molecule has 1 saturated heterocycles. The highest BCUT2D eigenvalue weighted by Gasteiger charge is 2.14. The second kappa shape index (κ2) is 6.24. The molecule has 5 heteroatoms. The van der Waals surface area contributed by atoms with E-state index in [1.54, 1.807) is 7.11 Å². The number of ether oxygens (including phenoxy) is 2. The number of rotatable bonds is 5. The average molecular weight is 276 g/mol. The summed E-state index contributed by atoms with van der Waals surface area (Å²) in [5.74, 6) is 1.52. The molecule has 1 aliphatic heterocycles. The van der Waals surface area contributed by atoms with Crippen molar-refractivity contribution in [3.63, 3.8) is 0 Å². The molecule has 0 spiro atoms.